The van der Waals surface area contributed by atoms with Gasteiger partial charge in [0.15, 0.2) is 5.96 Å². The number of amides is 1. The smallest absolute Gasteiger partial charge is 0.410 e. The number of hydrogen-bond donors (Lipinski definition) is 1. The number of aryl methyl sites for hydroxylation is 1. The molecule has 0 aliphatic carbocycles. The molecule has 30 heavy (non-hydrogen) atoms. The molecule has 0 radical (unpaired) electrons. The summed E-state index contributed by atoms with van der Waals surface area (Å²) in [5, 5.41) is 3.56. The van der Waals surface area contributed by atoms with Crippen molar-refractivity contribution in [2.75, 3.05) is 46.8 Å². The van der Waals surface area contributed by atoms with Gasteiger partial charge in [0.25, 0.3) is 0 Å². The van der Waals surface area contributed by atoms with E-state index in [0.29, 0.717) is 19.6 Å². The lowest BCUT2D eigenvalue weighted by atomic mass is 10.0. The second-order valence-corrected chi connectivity index (χ2v) is 9.21. The highest BCUT2D eigenvalue weighted by atomic mass is 127. The zero-order valence-corrected chi connectivity index (χ0v) is 21.3. The summed E-state index contributed by atoms with van der Waals surface area (Å²) in [6.07, 6.45) is -0.231. The zero-order chi connectivity index (χ0) is 21.2. The standard InChI is InChI=1S/C22H35N5O2.HI/c1-16-7-9-17(10-8-16)19(25(5)6)14-24-20-23-13-18-15-26(11-12-27(18)20)21(28)29-22(2,3)4;/h7-10,18-19H,11-15H2,1-6H3,(H,23,24);1H. The largest absolute Gasteiger partial charge is 0.444 e. The number of carbonyl (C=O) groups is 1. The summed E-state index contributed by atoms with van der Waals surface area (Å²) in [7, 11) is 4.20. The van der Waals surface area contributed by atoms with Gasteiger partial charge in [0, 0.05) is 26.2 Å². The van der Waals surface area contributed by atoms with E-state index < -0.39 is 5.60 Å². The maximum atomic E-state index is 12.4. The highest BCUT2D eigenvalue weighted by Gasteiger charge is 2.36. The molecule has 0 bridgehead atoms. The molecule has 2 unspecified atom stereocenters. The average molecular weight is 529 g/mol. The van der Waals surface area contributed by atoms with Crippen LogP contribution in [0.1, 0.15) is 37.9 Å². The first kappa shape index (κ1) is 24.7. The molecule has 1 saturated heterocycles. The number of hydrogen-bond acceptors (Lipinski definition) is 6. The van der Waals surface area contributed by atoms with Crippen molar-refractivity contribution in [1.82, 2.24) is 20.0 Å². The molecule has 1 N–H and O–H groups in total. The second-order valence-electron chi connectivity index (χ2n) is 9.21. The Hall–Kier alpha value is -1.55. The van der Waals surface area contributed by atoms with Gasteiger partial charge >= 0.3 is 6.09 Å². The Labute approximate surface area is 197 Å². The number of ether oxygens (including phenoxy) is 1. The Balaban J connectivity index is 0.00000320. The van der Waals surface area contributed by atoms with Gasteiger partial charge in [-0.25, -0.2) is 4.79 Å². The van der Waals surface area contributed by atoms with Crippen molar-refractivity contribution >= 4 is 36.0 Å². The van der Waals surface area contributed by atoms with E-state index in [1.54, 1.807) is 4.90 Å². The van der Waals surface area contributed by atoms with E-state index in [1.165, 1.54) is 11.1 Å². The number of nitrogens with one attached hydrogen (secondary N) is 1. The highest BCUT2D eigenvalue weighted by molar-refractivity contribution is 14.0. The molecular formula is C22H36IN5O2. The van der Waals surface area contributed by atoms with Crippen LogP contribution in [-0.2, 0) is 4.74 Å². The predicted octanol–water partition coefficient (Wildman–Crippen LogP) is 3.10. The van der Waals surface area contributed by atoms with Crippen molar-refractivity contribution in [2.45, 2.75) is 45.4 Å². The Morgan fingerprint density at radius 1 is 1.27 bits per heavy atom. The number of fused-ring (bicyclic) bond motifs is 1. The van der Waals surface area contributed by atoms with Crippen molar-refractivity contribution in [1.29, 1.82) is 0 Å². The minimum absolute atomic E-state index is 0. The van der Waals surface area contributed by atoms with Crippen LogP contribution >= 0.6 is 24.0 Å². The van der Waals surface area contributed by atoms with Gasteiger partial charge in [-0.1, -0.05) is 29.8 Å². The summed E-state index contributed by atoms with van der Waals surface area (Å²) in [6, 6.07) is 9.19. The number of carbonyl (C=O) groups excluding carboxylic acids is 1. The lowest BCUT2D eigenvalue weighted by Crippen LogP contribution is -2.58. The normalized spacial score (nSPS) is 19.7. The molecule has 1 fully saturated rings. The molecule has 8 heteroatoms. The summed E-state index contributed by atoms with van der Waals surface area (Å²) >= 11 is 0. The zero-order valence-electron chi connectivity index (χ0n) is 19.0. The van der Waals surface area contributed by atoms with Gasteiger partial charge in [0.2, 0.25) is 0 Å². The lowest BCUT2D eigenvalue weighted by molar-refractivity contribution is 0.0137. The fraction of sp³-hybridized carbons (Fsp3) is 0.636. The van der Waals surface area contributed by atoms with Crippen LogP contribution in [0.15, 0.2) is 29.3 Å². The van der Waals surface area contributed by atoms with Crippen LogP contribution in [0.2, 0.25) is 0 Å². The first-order chi connectivity index (χ1) is 13.6. The quantitative estimate of drug-likeness (QED) is 0.608. The van der Waals surface area contributed by atoms with E-state index in [1.807, 2.05) is 20.8 Å². The van der Waals surface area contributed by atoms with Crippen LogP contribution < -0.4 is 5.32 Å². The number of piperazine rings is 1. The molecule has 2 aliphatic heterocycles. The van der Waals surface area contributed by atoms with Gasteiger partial charge in [-0.3, -0.25) is 4.99 Å². The molecule has 0 saturated carbocycles. The number of aliphatic imine (C=N–C) groups is 1. The number of likely N-dealkylation sites (N-methyl/N-ethyl adjacent to an activating group) is 1. The number of rotatable bonds is 4. The van der Waals surface area contributed by atoms with Gasteiger partial charge in [-0.2, -0.15) is 0 Å². The van der Waals surface area contributed by atoms with Crippen LogP contribution in [0.25, 0.3) is 0 Å². The van der Waals surface area contributed by atoms with Crippen LogP contribution in [0.5, 0.6) is 0 Å². The van der Waals surface area contributed by atoms with Gasteiger partial charge < -0.3 is 24.8 Å². The summed E-state index contributed by atoms with van der Waals surface area (Å²) in [4.78, 5) is 23.4. The maximum Gasteiger partial charge on any atom is 0.410 e. The summed E-state index contributed by atoms with van der Waals surface area (Å²) in [5.74, 6) is 0.942. The third-order valence-corrected chi connectivity index (χ3v) is 5.40. The number of benzene rings is 1. The first-order valence-electron chi connectivity index (χ1n) is 10.4. The number of guanidine groups is 1. The molecule has 168 valence electrons. The molecule has 1 amide bonds. The minimum Gasteiger partial charge on any atom is -0.444 e. The third-order valence-electron chi connectivity index (χ3n) is 5.40. The summed E-state index contributed by atoms with van der Waals surface area (Å²) < 4.78 is 5.53. The highest BCUT2D eigenvalue weighted by Crippen LogP contribution is 2.21. The van der Waals surface area contributed by atoms with Crippen molar-refractivity contribution < 1.29 is 9.53 Å². The van der Waals surface area contributed by atoms with Crippen LogP contribution in [0, 0.1) is 6.92 Å². The van der Waals surface area contributed by atoms with E-state index in [-0.39, 0.29) is 42.2 Å². The number of nitrogens with zero attached hydrogens (tertiary/aromatic N) is 4. The summed E-state index contributed by atoms with van der Waals surface area (Å²) in [6.45, 7) is 11.4. The van der Waals surface area contributed by atoms with Crippen LogP contribution in [0.3, 0.4) is 0 Å². The molecule has 2 heterocycles. The maximum absolute atomic E-state index is 12.4. The fourth-order valence-electron chi connectivity index (χ4n) is 3.80. The van der Waals surface area contributed by atoms with Crippen LogP contribution in [0.4, 0.5) is 4.79 Å². The SMILES string of the molecule is Cc1ccc(C(CNC2=NCC3CN(C(=O)OC(C)(C)C)CCN23)N(C)C)cc1.I. The van der Waals surface area contributed by atoms with Gasteiger partial charge in [0.05, 0.1) is 18.6 Å². The van der Waals surface area contributed by atoms with E-state index >= 15 is 0 Å². The fourth-order valence-corrected chi connectivity index (χ4v) is 3.80. The van der Waals surface area contributed by atoms with E-state index in [2.05, 4.69) is 60.4 Å². The van der Waals surface area contributed by atoms with Gasteiger partial charge in [-0.15, -0.1) is 24.0 Å². The third kappa shape index (κ3) is 6.23. The topological polar surface area (TPSA) is 60.4 Å². The first-order valence-corrected chi connectivity index (χ1v) is 10.4. The molecule has 2 aliphatic rings. The molecule has 0 aromatic heterocycles. The van der Waals surface area contributed by atoms with E-state index in [9.17, 15) is 4.79 Å². The molecule has 2 atom stereocenters. The molecular weight excluding hydrogens is 493 g/mol. The molecule has 0 spiro atoms. The van der Waals surface area contributed by atoms with Crippen LogP contribution in [-0.4, -0.2) is 85.2 Å². The van der Waals surface area contributed by atoms with Gasteiger partial charge in [-0.05, 0) is 47.4 Å². The van der Waals surface area contributed by atoms with Crippen molar-refractivity contribution in [3.8, 4) is 0 Å². The van der Waals surface area contributed by atoms with E-state index in [4.69, 9.17) is 9.73 Å². The predicted molar refractivity (Wildman–Crippen MR) is 132 cm³/mol. The Kier molecular flexibility index (Phi) is 8.38. The number of halogens is 1. The minimum atomic E-state index is -0.468. The Morgan fingerprint density at radius 3 is 2.53 bits per heavy atom. The molecule has 7 nitrogen and oxygen atoms in total. The van der Waals surface area contributed by atoms with Crippen molar-refractivity contribution in [2.24, 2.45) is 4.99 Å². The lowest BCUT2D eigenvalue weighted by Gasteiger charge is -2.39. The Bertz CT molecular complexity index is 745. The molecule has 1 aromatic carbocycles. The van der Waals surface area contributed by atoms with Crippen molar-refractivity contribution in [3.63, 3.8) is 0 Å². The average Bonchev–Trinajstić information content (AvgIpc) is 3.04. The summed E-state index contributed by atoms with van der Waals surface area (Å²) in [5.41, 5.74) is 2.09. The van der Waals surface area contributed by atoms with Gasteiger partial charge in [0.1, 0.15) is 5.60 Å². The molecule has 1 aromatic rings. The monoisotopic (exact) mass is 529 g/mol. The van der Waals surface area contributed by atoms with Crippen molar-refractivity contribution in [3.05, 3.63) is 35.4 Å². The second kappa shape index (κ2) is 10.2. The van der Waals surface area contributed by atoms with E-state index in [0.717, 1.165) is 19.0 Å². The Morgan fingerprint density at radius 2 is 1.93 bits per heavy atom. The molecule has 3 rings (SSSR count).